The Kier molecular flexibility index (Phi) is 6.91. The Morgan fingerprint density at radius 2 is 1.81 bits per heavy atom. The smallest absolute Gasteiger partial charge is 0.295 e. The van der Waals surface area contributed by atoms with Crippen molar-refractivity contribution in [1.82, 2.24) is 9.80 Å². The number of Topliss-reactive ketones (excluding diaryl/α,β-unsaturated/α-hetero) is 1. The van der Waals surface area contributed by atoms with Crippen LogP contribution in [0.1, 0.15) is 41.6 Å². The first-order chi connectivity index (χ1) is 14.7. The average Bonchev–Trinajstić information content (AvgIpc) is 3.00. The molecule has 1 saturated heterocycles. The van der Waals surface area contributed by atoms with E-state index in [4.69, 9.17) is 0 Å². The van der Waals surface area contributed by atoms with Crippen LogP contribution in [0.3, 0.4) is 0 Å². The lowest BCUT2D eigenvalue weighted by molar-refractivity contribution is -0.139. The molecule has 31 heavy (non-hydrogen) atoms. The summed E-state index contributed by atoms with van der Waals surface area (Å²) in [5.74, 6) is -2.01. The number of halogens is 1. The lowest BCUT2D eigenvalue weighted by Crippen LogP contribution is -2.32. The first-order valence-corrected chi connectivity index (χ1v) is 10.5. The number of aryl methyl sites for hydroxylation is 2. The number of carbonyl (C=O) groups excluding carboxylic acids is 2. The van der Waals surface area contributed by atoms with Gasteiger partial charge in [0.05, 0.1) is 11.6 Å². The predicted molar refractivity (Wildman–Crippen MR) is 119 cm³/mol. The number of rotatable bonds is 7. The molecular formula is C25H29FN2O3. The molecule has 3 rings (SSSR count). The molecule has 0 spiro atoms. The zero-order valence-electron chi connectivity index (χ0n) is 18.5. The van der Waals surface area contributed by atoms with E-state index in [1.807, 2.05) is 43.3 Å². The first-order valence-electron chi connectivity index (χ1n) is 10.5. The summed E-state index contributed by atoms with van der Waals surface area (Å²) in [7, 11) is 3.90. The van der Waals surface area contributed by atoms with Crippen LogP contribution < -0.4 is 0 Å². The maximum Gasteiger partial charge on any atom is 0.295 e. The quantitative estimate of drug-likeness (QED) is 0.414. The topological polar surface area (TPSA) is 60.9 Å². The molecule has 164 valence electrons. The van der Waals surface area contributed by atoms with Gasteiger partial charge in [0.1, 0.15) is 11.6 Å². The van der Waals surface area contributed by atoms with Gasteiger partial charge in [0, 0.05) is 12.1 Å². The van der Waals surface area contributed by atoms with Crippen molar-refractivity contribution in [3.63, 3.8) is 0 Å². The third kappa shape index (κ3) is 4.69. The number of aliphatic hydroxyl groups is 1. The van der Waals surface area contributed by atoms with Crippen molar-refractivity contribution in [2.45, 2.75) is 32.7 Å². The van der Waals surface area contributed by atoms with Crippen LogP contribution in [-0.2, 0) is 16.0 Å². The van der Waals surface area contributed by atoms with E-state index in [1.54, 1.807) is 6.92 Å². The standard InChI is InChI=1S/C25H29FN2O3/c1-5-17-7-9-18(10-8-17)22-21(23(29)19-11-12-20(26)16(2)15-19)24(30)25(31)28(22)14-6-13-27(3)4/h7-12,15,22,29H,5-6,13-14H2,1-4H3/b23-21-. The van der Waals surface area contributed by atoms with Gasteiger partial charge in [0.15, 0.2) is 0 Å². The third-order valence-corrected chi connectivity index (χ3v) is 5.68. The number of hydrogen-bond acceptors (Lipinski definition) is 4. The van der Waals surface area contributed by atoms with Crippen LogP contribution in [0, 0.1) is 12.7 Å². The van der Waals surface area contributed by atoms with Crippen LogP contribution in [0.15, 0.2) is 48.0 Å². The summed E-state index contributed by atoms with van der Waals surface area (Å²) in [6.07, 6.45) is 1.57. The highest BCUT2D eigenvalue weighted by Crippen LogP contribution is 2.39. The number of hydrogen-bond donors (Lipinski definition) is 1. The summed E-state index contributed by atoms with van der Waals surface area (Å²) in [5, 5.41) is 11.0. The van der Waals surface area contributed by atoms with Crippen LogP contribution in [0.4, 0.5) is 4.39 Å². The summed E-state index contributed by atoms with van der Waals surface area (Å²) in [6.45, 7) is 4.80. The van der Waals surface area contributed by atoms with E-state index in [0.717, 1.165) is 24.1 Å². The minimum atomic E-state index is -0.714. The Morgan fingerprint density at radius 3 is 2.39 bits per heavy atom. The van der Waals surface area contributed by atoms with Gasteiger partial charge < -0.3 is 14.9 Å². The van der Waals surface area contributed by atoms with Gasteiger partial charge in [0.2, 0.25) is 0 Å². The zero-order chi connectivity index (χ0) is 22.7. The number of ketones is 1. The second kappa shape index (κ2) is 9.43. The minimum Gasteiger partial charge on any atom is -0.507 e. The van der Waals surface area contributed by atoms with Gasteiger partial charge in [-0.1, -0.05) is 31.2 Å². The van der Waals surface area contributed by atoms with Crippen molar-refractivity contribution in [1.29, 1.82) is 0 Å². The molecular weight excluding hydrogens is 395 g/mol. The van der Waals surface area contributed by atoms with E-state index in [2.05, 4.69) is 6.92 Å². The van der Waals surface area contributed by atoms with Crippen molar-refractivity contribution in [3.05, 3.63) is 76.1 Å². The molecule has 2 aromatic rings. The van der Waals surface area contributed by atoms with Gasteiger partial charge in [-0.3, -0.25) is 9.59 Å². The van der Waals surface area contributed by atoms with Crippen LogP contribution in [-0.4, -0.2) is 53.8 Å². The van der Waals surface area contributed by atoms with Crippen molar-refractivity contribution < 1.29 is 19.1 Å². The third-order valence-electron chi connectivity index (χ3n) is 5.68. The molecule has 0 saturated carbocycles. The number of carbonyl (C=O) groups is 2. The molecule has 2 aromatic carbocycles. The number of aliphatic hydroxyl groups excluding tert-OH is 1. The van der Waals surface area contributed by atoms with E-state index < -0.39 is 23.5 Å². The molecule has 0 radical (unpaired) electrons. The monoisotopic (exact) mass is 424 g/mol. The second-order valence-electron chi connectivity index (χ2n) is 8.21. The van der Waals surface area contributed by atoms with Crippen molar-refractivity contribution >= 4 is 17.4 Å². The summed E-state index contributed by atoms with van der Waals surface area (Å²) >= 11 is 0. The van der Waals surface area contributed by atoms with E-state index in [1.165, 1.54) is 23.1 Å². The summed E-state index contributed by atoms with van der Waals surface area (Å²) < 4.78 is 13.7. The molecule has 1 unspecified atom stereocenters. The van der Waals surface area contributed by atoms with Crippen molar-refractivity contribution in [2.24, 2.45) is 0 Å². The van der Waals surface area contributed by atoms with Crippen LogP contribution >= 0.6 is 0 Å². The minimum absolute atomic E-state index is 0.0464. The highest BCUT2D eigenvalue weighted by molar-refractivity contribution is 6.46. The van der Waals surface area contributed by atoms with E-state index >= 15 is 0 Å². The molecule has 0 bridgehead atoms. The van der Waals surface area contributed by atoms with E-state index in [9.17, 15) is 19.1 Å². The van der Waals surface area contributed by atoms with Gasteiger partial charge in [-0.15, -0.1) is 0 Å². The van der Waals surface area contributed by atoms with Crippen LogP contribution in [0.2, 0.25) is 0 Å². The average molecular weight is 425 g/mol. The Hall–Kier alpha value is -2.99. The Labute approximate surface area is 182 Å². The summed E-state index contributed by atoms with van der Waals surface area (Å²) in [6, 6.07) is 11.2. The largest absolute Gasteiger partial charge is 0.507 e. The SMILES string of the molecule is CCc1ccc(C2/C(=C(/O)c3ccc(F)c(C)c3)C(=O)C(=O)N2CCCN(C)C)cc1. The molecule has 1 fully saturated rings. The van der Waals surface area contributed by atoms with Gasteiger partial charge in [-0.2, -0.15) is 0 Å². The fourth-order valence-electron chi connectivity index (χ4n) is 3.90. The number of benzene rings is 2. The lowest BCUT2D eigenvalue weighted by atomic mass is 9.94. The fourth-order valence-corrected chi connectivity index (χ4v) is 3.90. The summed E-state index contributed by atoms with van der Waals surface area (Å²) in [4.78, 5) is 29.5. The first kappa shape index (κ1) is 22.7. The Bertz CT molecular complexity index is 1010. The van der Waals surface area contributed by atoms with Crippen molar-refractivity contribution in [2.75, 3.05) is 27.2 Å². The Balaban J connectivity index is 2.10. The van der Waals surface area contributed by atoms with E-state index in [0.29, 0.717) is 24.1 Å². The molecule has 1 aliphatic heterocycles. The maximum atomic E-state index is 13.7. The molecule has 1 atom stereocenters. The Morgan fingerprint density at radius 1 is 1.13 bits per heavy atom. The van der Waals surface area contributed by atoms with Gasteiger partial charge >= 0.3 is 0 Å². The number of likely N-dealkylation sites (tertiary alicyclic amines) is 1. The van der Waals surface area contributed by atoms with Crippen LogP contribution in [0.25, 0.3) is 5.76 Å². The molecule has 6 heteroatoms. The highest BCUT2D eigenvalue weighted by atomic mass is 19.1. The highest BCUT2D eigenvalue weighted by Gasteiger charge is 2.45. The molecule has 1 aliphatic rings. The van der Waals surface area contributed by atoms with Crippen LogP contribution in [0.5, 0.6) is 0 Å². The maximum absolute atomic E-state index is 13.7. The fraction of sp³-hybridized carbons (Fsp3) is 0.360. The zero-order valence-corrected chi connectivity index (χ0v) is 18.5. The molecule has 0 aromatic heterocycles. The predicted octanol–water partition coefficient (Wildman–Crippen LogP) is 4.07. The van der Waals surface area contributed by atoms with Crippen molar-refractivity contribution in [3.8, 4) is 0 Å². The summed E-state index contributed by atoms with van der Waals surface area (Å²) in [5.41, 5.74) is 2.63. The molecule has 1 N–H and O–H groups in total. The van der Waals surface area contributed by atoms with E-state index in [-0.39, 0.29) is 11.3 Å². The van der Waals surface area contributed by atoms with Gasteiger partial charge in [-0.05, 0) is 75.3 Å². The molecule has 5 nitrogen and oxygen atoms in total. The van der Waals surface area contributed by atoms with Gasteiger partial charge in [-0.25, -0.2) is 4.39 Å². The molecule has 0 aliphatic carbocycles. The van der Waals surface area contributed by atoms with Gasteiger partial charge in [0.25, 0.3) is 11.7 Å². The molecule has 1 amide bonds. The normalized spacial score (nSPS) is 18.3. The second-order valence-corrected chi connectivity index (χ2v) is 8.21. The lowest BCUT2D eigenvalue weighted by Gasteiger charge is -2.26. The molecule has 1 heterocycles. The number of amides is 1. The number of nitrogens with zero attached hydrogens (tertiary/aromatic N) is 2.